The largest absolute Gasteiger partial charge is 0.444 e. The van der Waals surface area contributed by atoms with Gasteiger partial charge >= 0.3 is 6.09 Å². The van der Waals surface area contributed by atoms with Crippen LogP contribution in [0, 0.1) is 5.92 Å². The zero-order valence-electron chi connectivity index (χ0n) is 18.5. The third kappa shape index (κ3) is 6.80. The highest BCUT2D eigenvalue weighted by Crippen LogP contribution is 2.20. The number of fused-ring (bicyclic) bond motifs is 1. The number of carbonyl (C=O) groups is 2. The predicted molar refractivity (Wildman–Crippen MR) is 117 cm³/mol. The summed E-state index contributed by atoms with van der Waals surface area (Å²) in [6.45, 7) is 11.8. The highest BCUT2D eigenvalue weighted by molar-refractivity contribution is 5.83. The van der Waals surface area contributed by atoms with Crippen molar-refractivity contribution < 1.29 is 14.3 Å². The number of carbonyl (C=O) groups excluding carboxylic acids is 2. The smallest absolute Gasteiger partial charge is 0.407 e. The van der Waals surface area contributed by atoms with Crippen LogP contribution in [0.1, 0.15) is 59.9 Å². The maximum Gasteiger partial charge on any atom is 0.407 e. The van der Waals surface area contributed by atoms with Gasteiger partial charge in [-0.05, 0) is 58.1 Å². The van der Waals surface area contributed by atoms with Crippen LogP contribution in [0.15, 0.2) is 30.5 Å². The number of rotatable bonds is 8. The van der Waals surface area contributed by atoms with Crippen LogP contribution in [-0.2, 0) is 16.0 Å². The summed E-state index contributed by atoms with van der Waals surface area (Å²) in [5.74, 6) is 0.141. The van der Waals surface area contributed by atoms with E-state index in [2.05, 4.69) is 27.8 Å². The second-order valence-corrected chi connectivity index (χ2v) is 9.19. The Bertz CT molecular complexity index is 835. The molecule has 1 unspecified atom stereocenters. The second kappa shape index (κ2) is 9.33. The molecule has 0 saturated heterocycles. The molecular weight excluding hydrogens is 366 g/mol. The standard InChI is InChI=1S/C23H35N3O3/c1-16(2)23(6,15-25-21(28)29-22(3,4)5)26-20(27)13-9-10-17-14-24-19-12-8-7-11-18(17)19/h7-8,11-12,14,16,24H,9-10,13,15H2,1-6H3,(H,25,28)(H,26,27). The molecule has 1 aromatic carbocycles. The van der Waals surface area contributed by atoms with E-state index in [0.29, 0.717) is 13.0 Å². The van der Waals surface area contributed by atoms with Crippen LogP contribution in [0.5, 0.6) is 0 Å². The quantitative estimate of drug-likeness (QED) is 0.607. The van der Waals surface area contributed by atoms with E-state index in [1.54, 1.807) is 0 Å². The van der Waals surface area contributed by atoms with E-state index in [1.165, 1.54) is 10.9 Å². The molecule has 0 spiro atoms. The molecular formula is C23H35N3O3. The number of amides is 2. The number of para-hydroxylation sites is 1. The monoisotopic (exact) mass is 401 g/mol. The van der Waals surface area contributed by atoms with E-state index < -0.39 is 17.2 Å². The van der Waals surface area contributed by atoms with Crippen molar-refractivity contribution >= 4 is 22.9 Å². The molecule has 2 amide bonds. The first-order chi connectivity index (χ1) is 13.5. The maximum atomic E-state index is 12.6. The van der Waals surface area contributed by atoms with Crippen molar-refractivity contribution in [3.8, 4) is 0 Å². The molecule has 0 radical (unpaired) electrons. The summed E-state index contributed by atoms with van der Waals surface area (Å²) < 4.78 is 5.29. The molecule has 0 aliphatic heterocycles. The van der Waals surface area contributed by atoms with Gasteiger partial charge in [0, 0.05) is 30.1 Å². The lowest BCUT2D eigenvalue weighted by atomic mass is 9.88. The Kier molecular flexibility index (Phi) is 7.33. The summed E-state index contributed by atoms with van der Waals surface area (Å²) in [5, 5.41) is 7.11. The van der Waals surface area contributed by atoms with Crippen LogP contribution in [0.4, 0.5) is 4.79 Å². The minimum atomic E-state index is -0.552. The Morgan fingerprint density at radius 2 is 1.83 bits per heavy atom. The predicted octanol–water partition coefficient (Wildman–Crippen LogP) is 4.55. The van der Waals surface area contributed by atoms with Gasteiger partial charge in [-0.1, -0.05) is 32.0 Å². The first kappa shape index (κ1) is 22.8. The molecule has 0 aliphatic carbocycles. The van der Waals surface area contributed by atoms with Crippen molar-refractivity contribution in [2.75, 3.05) is 6.54 Å². The Labute approximate surface area is 173 Å². The van der Waals surface area contributed by atoms with E-state index >= 15 is 0 Å². The summed E-state index contributed by atoms with van der Waals surface area (Å²) in [7, 11) is 0. The second-order valence-electron chi connectivity index (χ2n) is 9.19. The number of benzene rings is 1. The number of alkyl carbamates (subject to hydrolysis) is 1. The summed E-state index contributed by atoms with van der Waals surface area (Å²) in [6.07, 6.45) is 3.59. The zero-order chi connectivity index (χ0) is 21.7. The molecule has 3 N–H and O–H groups in total. The van der Waals surface area contributed by atoms with Crippen LogP contribution >= 0.6 is 0 Å². The third-order valence-corrected chi connectivity index (χ3v) is 5.22. The zero-order valence-corrected chi connectivity index (χ0v) is 18.5. The number of aryl methyl sites for hydroxylation is 1. The number of aromatic nitrogens is 1. The highest BCUT2D eigenvalue weighted by atomic mass is 16.6. The van der Waals surface area contributed by atoms with Gasteiger partial charge in [-0.15, -0.1) is 0 Å². The van der Waals surface area contributed by atoms with Crippen LogP contribution < -0.4 is 10.6 Å². The molecule has 0 aliphatic rings. The molecule has 2 rings (SSSR count). The van der Waals surface area contributed by atoms with Crippen molar-refractivity contribution in [1.29, 1.82) is 0 Å². The molecule has 0 bridgehead atoms. The lowest BCUT2D eigenvalue weighted by Gasteiger charge is -2.35. The number of aromatic amines is 1. The molecule has 6 nitrogen and oxygen atoms in total. The number of ether oxygens (including phenoxy) is 1. The number of H-pyrrole nitrogens is 1. The van der Waals surface area contributed by atoms with Gasteiger partial charge in [0.1, 0.15) is 5.60 Å². The van der Waals surface area contributed by atoms with Crippen molar-refractivity contribution in [3.05, 3.63) is 36.0 Å². The van der Waals surface area contributed by atoms with Gasteiger partial charge in [0.25, 0.3) is 0 Å². The fourth-order valence-electron chi connectivity index (χ4n) is 3.12. The van der Waals surface area contributed by atoms with E-state index in [-0.39, 0.29) is 11.8 Å². The minimum absolute atomic E-state index is 0.00738. The summed E-state index contributed by atoms with van der Waals surface area (Å²) in [4.78, 5) is 27.8. The average Bonchev–Trinajstić information content (AvgIpc) is 3.02. The summed E-state index contributed by atoms with van der Waals surface area (Å²) in [5.41, 5.74) is 1.25. The fraction of sp³-hybridized carbons (Fsp3) is 0.565. The lowest BCUT2D eigenvalue weighted by Crippen LogP contribution is -2.57. The lowest BCUT2D eigenvalue weighted by molar-refractivity contribution is -0.123. The molecule has 160 valence electrons. The summed E-state index contributed by atoms with van der Waals surface area (Å²) in [6, 6.07) is 8.18. The molecule has 29 heavy (non-hydrogen) atoms. The van der Waals surface area contributed by atoms with Gasteiger partial charge < -0.3 is 20.4 Å². The molecule has 0 fully saturated rings. The Hall–Kier alpha value is -2.50. The molecule has 1 heterocycles. The van der Waals surface area contributed by atoms with Gasteiger partial charge in [-0.3, -0.25) is 4.79 Å². The Morgan fingerprint density at radius 1 is 1.14 bits per heavy atom. The topological polar surface area (TPSA) is 83.2 Å². The van der Waals surface area contributed by atoms with E-state index in [0.717, 1.165) is 18.4 Å². The van der Waals surface area contributed by atoms with Gasteiger partial charge in [-0.25, -0.2) is 4.79 Å². The van der Waals surface area contributed by atoms with Gasteiger partial charge in [-0.2, -0.15) is 0 Å². The molecule has 2 aromatic rings. The first-order valence-electron chi connectivity index (χ1n) is 10.3. The first-order valence-corrected chi connectivity index (χ1v) is 10.3. The summed E-state index contributed by atoms with van der Waals surface area (Å²) >= 11 is 0. The molecule has 6 heteroatoms. The van der Waals surface area contributed by atoms with Crippen molar-refractivity contribution in [3.63, 3.8) is 0 Å². The van der Waals surface area contributed by atoms with E-state index in [4.69, 9.17) is 4.74 Å². The third-order valence-electron chi connectivity index (χ3n) is 5.22. The van der Waals surface area contributed by atoms with Gasteiger partial charge in [0.2, 0.25) is 5.91 Å². The fourth-order valence-corrected chi connectivity index (χ4v) is 3.12. The Morgan fingerprint density at radius 3 is 2.48 bits per heavy atom. The molecule has 1 aromatic heterocycles. The van der Waals surface area contributed by atoms with Crippen LogP contribution in [0.25, 0.3) is 10.9 Å². The molecule has 1 atom stereocenters. The van der Waals surface area contributed by atoms with Crippen LogP contribution in [-0.4, -0.2) is 34.7 Å². The number of hydrogen-bond acceptors (Lipinski definition) is 3. The van der Waals surface area contributed by atoms with Gasteiger partial charge in [0.05, 0.1) is 5.54 Å². The van der Waals surface area contributed by atoms with E-state index in [1.807, 2.05) is 59.9 Å². The van der Waals surface area contributed by atoms with Crippen molar-refractivity contribution in [1.82, 2.24) is 15.6 Å². The van der Waals surface area contributed by atoms with Crippen molar-refractivity contribution in [2.24, 2.45) is 5.92 Å². The van der Waals surface area contributed by atoms with Crippen LogP contribution in [0.3, 0.4) is 0 Å². The minimum Gasteiger partial charge on any atom is -0.444 e. The SMILES string of the molecule is CC(C)C(C)(CNC(=O)OC(C)(C)C)NC(=O)CCCc1c[nH]c2ccccc12. The van der Waals surface area contributed by atoms with Crippen molar-refractivity contribution in [2.45, 2.75) is 71.9 Å². The number of nitrogens with one attached hydrogen (secondary N) is 3. The average molecular weight is 402 g/mol. The highest BCUT2D eigenvalue weighted by Gasteiger charge is 2.31. The normalized spacial score (nSPS) is 13.9. The molecule has 0 saturated carbocycles. The maximum absolute atomic E-state index is 12.6. The number of hydrogen-bond donors (Lipinski definition) is 3. The van der Waals surface area contributed by atoms with E-state index in [9.17, 15) is 9.59 Å². The van der Waals surface area contributed by atoms with Crippen LogP contribution in [0.2, 0.25) is 0 Å². The Balaban J connectivity index is 1.85. The van der Waals surface area contributed by atoms with Gasteiger partial charge in [0.15, 0.2) is 0 Å².